The predicted molar refractivity (Wildman–Crippen MR) is 195 cm³/mol. The maximum atomic E-state index is 15.7. The summed E-state index contributed by atoms with van der Waals surface area (Å²) in [6.45, 7) is 5.54. The van der Waals surface area contributed by atoms with Gasteiger partial charge >= 0.3 is 12.2 Å². The van der Waals surface area contributed by atoms with Crippen molar-refractivity contribution < 1.29 is 41.4 Å². The summed E-state index contributed by atoms with van der Waals surface area (Å²) in [5.74, 6) is -1.20. The van der Waals surface area contributed by atoms with Gasteiger partial charge in [-0.25, -0.2) is 22.4 Å². The van der Waals surface area contributed by atoms with Crippen LogP contribution in [0.2, 0.25) is 5.02 Å². The van der Waals surface area contributed by atoms with Crippen LogP contribution in [0.25, 0.3) is 0 Å². The Morgan fingerprint density at radius 2 is 1.73 bits per heavy atom. The number of amides is 3. The van der Waals surface area contributed by atoms with E-state index in [9.17, 15) is 22.8 Å². The average molecular weight is 765 g/mol. The summed E-state index contributed by atoms with van der Waals surface area (Å²) in [7, 11) is -0.767. The fourth-order valence-corrected chi connectivity index (χ4v) is 9.77. The molecular formula is C37H50ClFN4O8S. The van der Waals surface area contributed by atoms with Crippen molar-refractivity contribution in [2.75, 3.05) is 38.4 Å². The lowest BCUT2D eigenvalue weighted by Crippen LogP contribution is -2.60. The quantitative estimate of drug-likeness (QED) is 0.316. The van der Waals surface area contributed by atoms with Gasteiger partial charge in [0.2, 0.25) is 15.9 Å². The van der Waals surface area contributed by atoms with Crippen molar-refractivity contribution in [3.8, 4) is 0 Å². The monoisotopic (exact) mass is 764 g/mol. The Bertz CT molecular complexity index is 1710. The number of sulfonamides is 1. The molecule has 2 saturated heterocycles. The Morgan fingerprint density at radius 3 is 2.37 bits per heavy atom. The van der Waals surface area contributed by atoms with Crippen LogP contribution in [-0.4, -0.2) is 98.6 Å². The number of piperazine rings is 1. The SMILES string of the molecule is COC(=O)N[C@H](C(=O)Nc1cccc(F)c1CC[C@H]1CN(C(=O)OC(C)(C)C)[C@@H]2CCCS(=O)(=O)N1C2)[C@]1(c2ccc(Cl)cc2)CC[C@@H](OC)CC1. The maximum absolute atomic E-state index is 15.7. The highest BCUT2D eigenvalue weighted by Gasteiger charge is 2.48. The molecule has 4 atom stereocenters. The van der Waals surface area contributed by atoms with Crippen molar-refractivity contribution in [1.82, 2.24) is 14.5 Å². The van der Waals surface area contributed by atoms with Gasteiger partial charge in [0, 0.05) is 54.0 Å². The van der Waals surface area contributed by atoms with E-state index in [-0.39, 0.29) is 55.1 Å². The van der Waals surface area contributed by atoms with E-state index < -0.39 is 57.0 Å². The zero-order chi connectivity index (χ0) is 37.8. The van der Waals surface area contributed by atoms with Crippen LogP contribution in [0, 0.1) is 5.82 Å². The topological polar surface area (TPSA) is 144 Å². The highest BCUT2D eigenvalue weighted by molar-refractivity contribution is 7.89. The number of nitrogens with one attached hydrogen (secondary N) is 2. The van der Waals surface area contributed by atoms with E-state index in [2.05, 4.69) is 10.6 Å². The molecule has 2 aromatic rings. The van der Waals surface area contributed by atoms with E-state index in [0.29, 0.717) is 43.5 Å². The van der Waals surface area contributed by atoms with Gasteiger partial charge in [-0.2, -0.15) is 4.31 Å². The fraction of sp³-hybridized carbons (Fsp3) is 0.595. The van der Waals surface area contributed by atoms with Gasteiger partial charge in [0.25, 0.3) is 0 Å². The van der Waals surface area contributed by atoms with Gasteiger partial charge in [-0.15, -0.1) is 0 Å². The van der Waals surface area contributed by atoms with Gasteiger partial charge in [0.15, 0.2) is 0 Å². The van der Waals surface area contributed by atoms with Gasteiger partial charge in [-0.3, -0.25) is 4.79 Å². The molecule has 3 aliphatic rings. The van der Waals surface area contributed by atoms with Crippen LogP contribution in [-0.2, 0) is 40.9 Å². The van der Waals surface area contributed by atoms with E-state index in [1.807, 2.05) is 12.1 Å². The number of methoxy groups -OCH3 is 2. The number of hydrogen-bond donors (Lipinski definition) is 2. The van der Waals surface area contributed by atoms with Crippen molar-refractivity contribution in [2.45, 2.75) is 107 Å². The van der Waals surface area contributed by atoms with Crippen LogP contribution in [0.15, 0.2) is 42.5 Å². The summed E-state index contributed by atoms with van der Waals surface area (Å²) >= 11 is 6.23. The molecule has 15 heteroatoms. The molecule has 2 aliphatic heterocycles. The third kappa shape index (κ3) is 9.00. The highest BCUT2D eigenvalue weighted by Crippen LogP contribution is 2.44. The number of ether oxygens (including phenoxy) is 3. The molecule has 2 N–H and O–H groups in total. The number of nitrogens with zero attached hydrogens (tertiary/aromatic N) is 2. The molecule has 2 heterocycles. The van der Waals surface area contributed by atoms with Crippen molar-refractivity contribution in [3.05, 3.63) is 64.4 Å². The molecular weight excluding hydrogens is 715 g/mol. The second-order valence-electron chi connectivity index (χ2n) is 14.9. The molecule has 5 rings (SSSR count). The number of alkyl carbamates (subject to hydrolysis) is 1. The molecule has 2 aromatic carbocycles. The fourth-order valence-electron chi connectivity index (χ4n) is 7.85. The van der Waals surface area contributed by atoms with Crippen molar-refractivity contribution in [1.29, 1.82) is 0 Å². The number of rotatable bonds is 9. The van der Waals surface area contributed by atoms with Gasteiger partial charge in [0.1, 0.15) is 17.5 Å². The second-order valence-corrected chi connectivity index (χ2v) is 17.4. The van der Waals surface area contributed by atoms with Crippen LogP contribution in [0.5, 0.6) is 0 Å². The summed E-state index contributed by atoms with van der Waals surface area (Å²) in [4.78, 5) is 42.1. The van der Waals surface area contributed by atoms with Crippen LogP contribution >= 0.6 is 11.6 Å². The highest BCUT2D eigenvalue weighted by atomic mass is 35.5. The number of halogens is 2. The smallest absolute Gasteiger partial charge is 0.410 e. The van der Waals surface area contributed by atoms with Crippen LogP contribution in [0.4, 0.5) is 19.7 Å². The van der Waals surface area contributed by atoms with E-state index >= 15 is 4.39 Å². The zero-order valence-corrected chi connectivity index (χ0v) is 32.0. The first-order valence-corrected chi connectivity index (χ1v) is 19.8. The molecule has 2 bridgehead atoms. The van der Waals surface area contributed by atoms with E-state index in [1.54, 1.807) is 51.0 Å². The molecule has 12 nitrogen and oxygen atoms in total. The Labute approximate surface area is 310 Å². The zero-order valence-electron chi connectivity index (χ0n) is 30.5. The number of hydrogen-bond acceptors (Lipinski definition) is 8. The molecule has 1 unspecified atom stereocenters. The van der Waals surface area contributed by atoms with Gasteiger partial charge in [-0.05, 0) is 102 Å². The molecule has 1 saturated carbocycles. The van der Waals surface area contributed by atoms with E-state index in [1.165, 1.54) is 23.5 Å². The number of benzene rings is 2. The summed E-state index contributed by atoms with van der Waals surface area (Å²) in [5.41, 5.74) is -0.456. The molecule has 0 aromatic heterocycles. The first kappa shape index (κ1) is 39.7. The minimum atomic E-state index is -3.63. The summed E-state index contributed by atoms with van der Waals surface area (Å²) in [6, 6.07) is 9.38. The minimum Gasteiger partial charge on any atom is -0.453 e. The molecule has 286 valence electrons. The second kappa shape index (κ2) is 16.3. The molecule has 1 aliphatic carbocycles. The van der Waals surface area contributed by atoms with Crippen molar-refractivity contribution in [3.63, 3.8) is 0 Å². The first-order valence-electron chi connectivity index (χ1n) is 17.8. The lowest BCUT2D eigenvalue weighted by Gasteiger charge is -2.45. The molecule has 3 amide bonds. The van der Waals surface area contributed by atoms with Gasteiger partial charge in [-0.1, -0.05) is 29.8 Å². The summed E-state index contributed by atoms with van der Waals surface area (Å²) < 4.78 is 60.1. The van der Waals surface area contributed by atoms with Crippen LogP contribution in [0.3, 0.4) is 0 Å². The average Bonchev–Trinajstić information content (AvgIpc) is 3.22. The summed E-state index contributed by atoms with van der Waals surface area (Å²) in [6.07, 6.45) is 2.05. The minimum absolute atomic E-state index is 0.0218. The van der Waals surface area contributed by atoms with Crippen molar-refractivity contribution in [2.24, 2.45) is 0 Å². The number of carbonyl (C=O) groups is 3. The van der Waals surface area contributed by atoms with Crippen LogP contribution in [0.1, 0.15) is 76.8 Å². The Kier molecular flexibility index (Phi) is 12.4. The van der Waals surface area contributed by atoms with Crippen LogP contribution < -0.4 is 10.6 Å². The van der Waals surface area contributed by atoms with Crippen molar-refractivity contribution >= 4 is 45.4 Å². The largest absolute Gasteiger partial charge is 0.453 e. The Hall–Kier alpha value is -3.46. The van der Waals surface area contributed by atoms with E-state index in [0.717, 1.165) is 5.56 Å². The number of carbonyl (C=O) groups excluding carboxylic acids is 3. The molecule has 0 spiro atoms. The Balaban J connectivity index is 1.44. The first-order chi connectivity index (χ1) is 24.6. The maximum Gasteiger partial charge on any atom is 0.410 e. The predicted octanol–water partition coefficient (Wildman–Crippen LogP) is 6.02. The van der Waals surface area contributed by atoms with E-state index in [4.69, 9.17) is 25.8 Å². The standard InChI is InChI=1S/C37H50ClFN4O8S/c1-36(2,3)51-35(46)42-22-27(43-23-26(42)8-7-21-52(43,47)48)15-16-29-30(39)9-6-10-31(29)40-33(44)32(41-34(45)50-5)37(19-17-28(49-4)18-20-37)24-11-13-25(38)14-12-24/h6,9-14,26-28,32H,7-8,15-23H2,1-5H3,(H,40,44)(H,41,45)/t26-,27+,28-,32-,37-/m1/s1. The summed E-state index contributed by atoms with van der Waals surface area (Å²) in [5, 5.41) is 6.18. The Morgan fingerprint density at radius 1 is 1.04 bits per heavy atom. The third-order valence-electron chi connectivity index (χ3n) is 10.5. The van der Waals surface area contributed by atoms with Gasteiger partial charge < -0.3 is 29.7 Å². The lowest BCUT2D eigenvalue weighted by molar-refractivity contribution is -0.120. The third-order valence-corrected chi connectivity index (χ3v) is 12.7. The molecule has 0 radical (unpaired) electrons. The molecule has 3 fully saturated rings. The number of anilines is 1. The lowest BCUT2D eigenvalue weighted by atomic mass is 9.64. The van der Waals surface area contributed by atoms with Gasteiger partial charge in [0.05, 0.1) is 19.0 Å². The molecule has 52 heavy (non-hydrogen) atoms. The number of fused-ring (bicyclic) bond motifs is 2. The normalized spacial score (nSPS) is 26.4.